The molecule has 4 rings (SSSR count). The number of carbonyl (C=O) groups is 2. The van der Waals surface area contributed by atoms with Crippen molar-refractivity contribution in [3.05, 3.63) is 83.4 Å². The number of rotatable bonds is 13. The van der Waals surface area contributed by atoms with Gasteiger partial charge in [0.15, 0.2) is 0 Å². The van der Waals surface area contributed by atoms with Crippen LogP contribution in [0.4, 0.5) is 5.69 Å². The molecule has 3 aromatic carbocycles. The van der Waals surface area contributed by atoms with Crippen LogP contribution < -0.4 is 19.1 Å². The summed E-state index contributed by atoms with van der Waals surface area (Å²) in [4.78, 5) is 29.2. The zero-order valence-corrected chi connectivity index (χ0v) is 26.9. The molecule has 44 heavy (non-hydrogen) atoms. The highest BCUT2D eigenvalue weighted by Gasteiger charge is 2.34. The summed E-state index contributed by atoms with van der Waals surface area (Å²) in [5.74, 6) is 0.0764. The van der Waals surface area contributed by atoms with Gasteiger partial charge in [0.2, 0.25) is 11.8 Å². The number of amides is 2. The molecule has 2 amide bonds. The molecule has 1 saturated carbocycles. The monoisotopic (exact) mass is 641 g/mol. The van der Waals surface area contributed by atoms with Crippen molar-refractivity contribution in [3.8, 4) is 11.5 Å². The van der Waals surface area contributed by atoms with Gasteiger partial charge in [-0.05, 0) is 80.8 Å². The maximum Gasteiger partial charge on any atom is 0.264 e. The van der Waals surface area contributed by atoms with Crippen LogP contribution >= 0.6 is 11.6 Å². The van der Waals surface area contributed by atoms with E-state index in [9.17, 15) is 18.0 Å². The van der Waals surface area contributed by atoms with Crippen molar-refractivity contribution in [1.82, 2.24) is 10.2 Å². The van der Waals surface area contributed by atoms with E-state index in [1.165, 1.54) is 29.2 Å². The van der Waals surface area contributed by atoms with Gasteiger partial charge in [-0.2, -0.15) is 0 Å². The van der Waals surface area contributed by atoms with Gasteiger partial charge in [0.05, 0.1) is 24.3 Å². The van der Waals surface area contributed by atoms with E-state index >= 15 is 0 Å². The lowest BCUT2D eigenvalue weighted by Crippen LogP contribution is -2.53. The summed E-state index contributed by atoms with van der Waals surface area (Å²) < 4.78 is 40.4. The summed E-state index contributed by atoms with van der Waals surface area (Å²) in [7, 11) is -2.71. The number of hydrogen-bond acceptors (Lipinski definition) is 6. The first-order chi connectivity index (χ1) is 21.1. The minimum Gasteiger partial charge on any atom is -0.497 e. The smallest absolute Gasteiger partial charge is 0.264 e. The minimum absolute atomic E-state index is 0.0385. The van der Waals surface area contributed by atoms with Gasteiger partial charge in [-0.15, -0.1) is 0 Å². The van der Waals surface area contributed by atoms with Crippen LogP contribution in [0.5, 0.6) is 11.5 Å². The molecule has 0 aliphatic heterocycles. The van der Waals surface area contributed by atoms with Gasteiger partial charge in [-0.3, -0.25) is 13.9 Å². The first-order valence-corrected chi connectivity index (χ1v) is 16.7. The predicted molar refractivity (Wildman–Crippen MR) is 172 cm³/mol. The van der Waals surface area contributed by atoms with Crippen LogP contribution in [0.1, 0.15) is 51.5 Å². The second-order valence-corrected chi connectivity index (χ2v) is 13.1. The lowest BCUT2D eigenvalue weighted by Gasteiger charge is -2.33. The fraction of sp³-hybridized carbons (Fsp3) is 0.394. The molecule has 1 aliphatic rings. The van der Waals surface area contributed by atoms with Crippen molar-refractivity contribution < 1.29 is 27.5 Å². The molecule has 1 atom stereocenters. The average molecular weight is 642 g/mol. The number of carbonyl (C=O) groups excluding carboxylic acids is 2. The molecule has 1 aliphatic carbocycles. The number of nitrogens with zero attached hydrogens (tertiary/aromatic N) is 2. The Labute approximate surface area is 265 Å². The van der Waals surface area contributed by atoms with Crippen LogP contribution in [-0.4, -0.2) is 57.5 Å². The van der Waals surface area contributed by atoms with Crippen LogP contribution in [-0.2, 0) is 26.2 Å². The average Bonchev–Trinajstić information content (AvgIpc) is 3.03. The third-order valence-corrected chi connectivity index (χ3v) is 9.75. The second-order valence-electron chi connectivity index (χ2n) is 10.8. The molecule has 1 N–H and O–H groups in total. The summed E-state index contributed by atoms with van der Waals surface area (Å²) in [5.41, 5.74) is 0.940. The predicted octanol–water partition coefficient (Wildman–Crippen LogP) is 5.81. The molecule has 0 spiro atoms. The minimum atomic E-state index is -4.27. The molecular formula is C33H40ClN3O6S. The zero-order valence-electron chi connectivity index (χ0n) is 25.4. The highest BCUT2D eigenvalue weighted by molar-refractivity contribution is 7.92. The topological polar surface area (TPSA) is 105 Å². The molecule has 0 heterocycles. The molecule has 0 radical (unpaired) electrons. The van der Waals surface area contributed by atoms with Crippen LogP contribution in [0.25, 0.3) is 0 Å². The van der Waals surface area contributed by atoms with Crippen LogP contribution in [0.3, 0.4) is 0 Å². The van der Waals surface area contributed by atoms with Gasteiger partial charge in [-0.25, -0.2) is 8.42 Å². The Kier molecular flexibility index (Phi) is 11.5. The number of nitrogens with one attached hydrogen (secondary N) is 1. The molecular weight excluding hydrogens is 602 g/mol. The Balaban J connectivity index is 1.72. The molecule has 0 unspecified atom stereocenters. The molecule has 3 aromatic rings. The second kappa shape index (κ2) is 15.3. The molecule has 0 aromatic heterocycles. The number of ether oxygens (including phenoxy) is 2. The van der Waals surface area contributed by atoms with E-state index < -0.39 is 28.5 Å². The van der Waals surface area contributed by atoms with Crippen molar-refractivity contribution in [1.29, 1.82) is 0 Å². The Morgan fingerprint density at radius 1 is 1.00 bits per heavy atom. The molecule has 11 heteroatoms. The molecule has 9 nitrogen and oxygen atoms in total. The van der Waals surface area contributed by atoms with E-state index in [1.54, 1.807) is 63.4 Å². The fourth-order valence-corrected chi connectivity index (χ4v) is 6.86. The molecule has 236 valence electrons. The maximum absolute atomic E-state index is 14.3. The summed E-state index contributed by atoms with van der Waals surface area (Å²) in [6.45, 7) is 3.25. The van der Waals surface area contributed by atoms with Gasteiger partial charge in [-0.1, -0.05) is 55.1 Å². The quantitative estimate of drug-likeness (QED) is 0.253. The summed E-state index contributed by atoms with van der Waals surface area (Å²) in [6.07, 6.45) is 5.02. The largest absolute Gasteiger partial charge is 0.497 e. The van der Waals surface area contributed by atoms with Gasteiger partial charge in [0.1, 0.15) is 24.1 Å². The van der Waals surface area contributed by atoms with Gasteiger partial charge >= 0.3 is 0 Å². The SMILES string of the molecule is CCOc1ccccc1N(CC(=O)N(Cc1cccc(OC)c1)[C@H](C)C(=O)NC1CCCCC1)S(=O)(=O)c1ccc(Cl)cc1. The Morgan fingerprint density at radius 3 is 2.39 bits per heavy atom. The van der Waals surface area contributed by atoms with Crippen LogP contribution in [0, 0.1) is 0 Å². The number of halogens is 1. The first kappa shape index (κ1) is 33.1. The summed E-state index contributed by atoms with van der Waals surface area (Å²) in [5, 5.41) is 3.49. The highest BCUT2D eigenvalue weighted by atomic mass is 35.5. The highest BCUT2D eigenvalue weighted by Crippen LogP contribution is 2.33. The van der Waals surface area contributed by atoms with E-state index in [2.05, 4.69) is 5.32 Å². The van der Waals surface area contributed by atoms with E-state index in [0.29, 0.717) is 23.1 Å². The number of benzene rings is 3. The van der Waals surface area contributed by atoms with E-state index in [0.717, 1.165) is 42.0 Å². The number of methoxy groups -OCH3 is 1. The van der Waals surface area contributed by atoms with E-state index in [-0.39, 0.29) is 29.1 Å². The van der Waals surface area contributed by atoms with Crippen molar-refractivity contribution in [3.63, 3.8) is 0 Å². The summed E-state index contributed by atoms with van der Waals surface area (Å²) >= 11 is 6.05. The molecule has 1 fully saturated rings. The number of sulfonamides is 1. The Hall–Kier alpha value is -3.76. The fourth-order valence-electron chi connectivity index (χ4n) is 5.31. The lowest BCUT2D eigenvalue weighted by molar-refractivity contribution is -0.139. The van der Waals surface area contributed by atoms with Crippen molar-refractivity contribution in [2.24, 2.45) is 0 Å². The Morgan fingerprint density at radius 2 is 1.70 bits per heavy atom. The lowest BCUT2D eigenvalue weighted by atomic mass is 9.95. The molecule has 0 saturated heterocycles. The summed E-state index contributed by atoms with van der Waals surface area (Å²) in [6, 6.07) is 18.8. The Bertz CT molecular complexity index is 1530. The van der Waals surface area contributed by atoms with Crippen molar-refractivity contribution in [2.45, 2.75) is 69.5 Å². The first-order valence-electron chi connectivity index (χ1n) is 14.9. The van der Waals surface area contributed by atoms with E-state index in [1.807, 2.05) is 6.07 Å². The maximum atomic E-state index is 14.3. The number of para-hydroxylation sites is 2. The van der Waals surface area contributed by atoms with Gasteiger partial charge in [0.25, 0.3) is 10.0 Å². The van der Waals surface area contributed by atoms with Gasteiger partial charge in [0, 0.05) is 17.6 Å². The van der Waals surface area contributed by atoms with Crippen molar-refractivity contribution in [2.75, 3.05) is 24.6 Å². The van der Waals surface area contributed by atoms with E-state index in [4.69, 9.17) is 21.1 Å². The normalized spacial score (nSPS) is 14.4. The van der Waals surface area contributed by atoms with Crippen LogP contribution in [0.15, 0.2) is 77.7 Å². The van der Waals surface area contributed by atoms with Gasteiger partial charge < -0.3 is 19.7 Å². The third-order valence-electron chi connectivity index (χ3n) is 7.72. The number of hydrogen-bond donors (Lipinski definition) is 1. The standard InChI is InChI=1S/C33H40ClN3O6S/c1-4-43-31-16-9-8-15-30(31)37(44(40,41)29-19-17-26(34)18-20-29)23-32(38)36(22-25-11-10-14-28(21-25)42-3)24(2)33(39)35-27-12-6-5-7-13-27/h8-11,14-21,24,27H,4-7,12-13,22-23H2,1-3H3,(H,35,39)/t24-/m1/s1. The van der Waals surface area contributed by atoms with Crippen LogP contribution in [0.2, 0.25) is 5.02 Å². The zero-order chi connectivity index (χ0) is 31.7. The van der Waals surface area contributed by atoms with Crippen molar-refractivity contribution >= 4 is 39.1 Å². The third kappa shape index (κ3) is 8.24. The molecule has 0 bridgehead atoms. The number of anilines is 1.